The van der Waals surface area contributed by atoms with Crippen LogP contribution in [-0.4, -0.2) is 0 Å². The summed E-state index contributed by atoms with van der Waals surface area (Å²) >= 11 is 0. The van der Waals surface area contributed by atoms with Crippen LogP contribution in [0.15, 0.2) is 204 Å². The zero-order chi connectivity index (χ0) is 36.2. The van der Waals surface area contributed by atoms with E-state index in [-0.39, 0.29) is 0 Å². The van der Waals surface area contributed by atoms with E-state index in [4.69, 9.17) is 8.83 Å². The van der Waals surface area contributed by atoms with Gasteiger partial charge in [-0.1, -0.05) is 177 Å². The normalized spacial score (nSPS) is 11.8. The van der Waals surface area contributed by atoms with Crippen LogP contribution in [0.25, 0.3) is 104 Å². The minimum Gasteiger partial charge on any atom is -0.455 e. The van der Waals surface area contributed by atoms with E-state index in [1.165, 1.54) is 5.39 Å². The van der Waals surface area contributed by atoms with Crippen molar-refractivity contribution >= 4 is 81.8 Å². The number of benzene rings is 7. The fourth-order valence-corrected chi connectivity index (χ4v) is 8.20. The maximum absolute atomic E-state index is 6.88. The van der Waals surface area contributed by atoms with Gasteiger partial charge < -0.3 is 8.83 Å². The molecule has 8 aromatic carbocycles. The second-order valence-corrected chi connectivity index (χ2v) is 13.7. The SMILES string of the molecule is C=C/C=C\C(=C)c1ccc(-c2ccccccc(-c3ccc4c(c3)oc3c5ccccc5c5oc6ccccc6c5c43)c3ccccc23)c2ccccc12. The molecule has 0 amide bonds. The van der Waals surface area contributed by atoms with Crippen LogP contribution in [-0.2, 0) is 0 Å². The molecule has 0 N–H and O–H groups in total. The van der Waals surface area contributed by atoms with Crippen LogP contribution in [0, 0.1) is 0 Å². The molecule has 2 heteroatoms. The molecule has 10 rings (SSSR count). The van der Waals surface area contributed by atoms with Crippen molar-refractivity contribution in [2.75, 3.05) is 0 Å². The zero-order valence-corrected chi connectivity index (χ0v) is 29.6. The first-order chi connectivity index (χ1) is 26.7. The lowest BCUT2D eigenvalue weighted by Crippen LogP contribution is -1.88. The van der Waals surface area contributed by atoms with Gasteiger partial charge in [-0.3, -0.25) is 0 Å². The highest BCUT2D eigenvalue weighted by Gasteiger charge is 2.21. The second-order valence-electron chi connectivity index (χ2n) is 13.7. The van der Waals surface area contributed by atoms with Crippen LogP contribution in [0.3, 0.4) is 0 Å². The van der Waals surface area contributed by atoms with E-state index in [1.54, 1.807) is 6.08 Å². The van der Waals surface area contributed by atoms with Gasteiger partial charge in [0.1, 0.15) is 22.3 Å². The Morgan fingerprint density at radius 3 is 1.61 bits per heavy atom. The maximum Gasteiger partial charge on any atom is 0.144 e. The Kier molecular flexibility index (Phi) is 7.49. The van der Waals surface area contributed by atoms with E-state index in [2.05, 4.69) is 165 Å². The molecule has 2 heterocycles. The van der Waals surface area contributed by atoms with E-state index < -0.39 is 0 Å². The van der Waals surface area contributed by atoms with Crippen molar-refractivity contribution in [1.82, 2.24) is 0 Å². The number of furan rings is 2. The van der Waals surface area contributed by atoms with Gasteiger partial charge in [0.15, 0.2) is 0 Å². The average molecular weight is 691 g/mol. The molecule has 0 saturated heterocycles. The molecule has 0 aliphatic rings. The number of fused-ring (bicyclic) bond motifs is 12. The molecule has 254 valence electrons. The third-order valence-electron chi connectivity index (χ3n) is 10.6. The number of hydrogen-bond acceptors (Lipinski definition) is 2. The molecule has 0 spiro atoms. The fraction of sp³-hybridized carbons (Fsp3) is 0. The first kappa shape index (κ1) is 31.6. The summed E-state index contributed by atoms with van der Waals surface area (Å²) in [5.41, 5.74) is 10.0. The molecule has 0 unspecified atom stereocenters. The largest absolute Gasteiger partial charge is 0.455 e. The van der Waals surface area contributed by atoms with Gasteiger partial charge in [-0.2, -0.15) is 0 Å². The third-order valence-corrected chi connectivity index (χ3v) is 10.6. The molecular weight excluding hydrogens is 657 g/mol. The van der Waals surface area contributed by atoms with Crippen LogP contribution in [0.4, 0.5) is 0 Å². The Balaban J connectivity index is 1.24. The van der Waals surface area contributed by atoms with Crippen LogP contribution in [0.5, 0.6) is 0 Å². The molecule has 0 saturated carbocycles. The van der Waals surface area contributed by atoms with Gasteiger partial charge >= 0.3 is 0 Å². The predicted octanol–water partition coefficient (Wildman–Crippen LogP) is 15.2. The van der Waals surface area contributed by atoms with Crippen molar-refractivity contribution in [3.8, 4) is 22.3 Å². The van der Waals surface area contributed by atoms with Gasteiger partial charge in [-0.15, -0.1) is 0 Å². The zero-order valence-electron chi connectivity index (χ0n) is 29.6. The van der Waals surface area contributed by atoms with Gasteiger partial charge in [0.25, 0.3) is 0 Å². The lowest BCUT2D eigenvalue weighted by molar-refractivity contribution is 0.668. The van der Waals surface area contributed by atoms with Crippen LogP contribution >= 0.6 is 0 Å². The molecule has 0 aliphatic carbocycles. The first-order valence-corrected chi connectivity index (χ1v) is 18.2. The molecule has 54 heavy (non-hydrogen) atoms. The van der Waals surface area contributed by atoms with E-state index in [1.807, 2.05) is 24.3 Å². The van der Waals surface area contributed by atoms with E-state index in [0.717, 1.165) is 104 Å². The minimum atomic E-state index is 0.841. The fourth-order valence-electron chi connectivity index (χ4n) is 8.20. The minimum absolute atomic E-state index is 0.841. The van der Waals surface area contributed by atoms with E-state index >= 15 is 0 Å². The van der Waals surface area contributed by atoms with Crippen molar-refractivity contribution < 1.29 is 8.83 Å². The van der Waals surface area contributed by atoms with Crippen molar-refractivity contribution in [3.63, 3.8) is 0 Å². The van der Waals surface area contributed by atoms with Gasteiger partial charge in [-0.25, -0.2) is 0 Å². The highest BCUT2D eigenvalue weighted by molar-refractivity contribution is 6.34. The highest BCUT2D eigenvalue weighted by Crippen LogP contribution is 2.46. The standard InChI is InChI=1S/C52H34O2/c1-3-4-17-33(2)35-30-31-42(39-22-11-9-20-37(35)39)41-19-8-6-5-7-18-36(38-21-10-12-23-40(38)41)34-28-29-46-48(32-34)54-52-44-25-14-13-24-43(44)51-49(50(46)52)45-26-15-16-27-47(45)53-51/h3-32H,1-2H2/b6-5?,7-5?,8-6?,17-4-,18-7?,19-8?,36-18?,38-36?,41-19?,41-40?. The summed E-state index contributed by atoms with van der Waals surface area (Å²) in [4.78, 5) is 0. The van der Waals surface area contributed by atoms with Crippen LogP contribution in [0.1, 0.15) is 5.56 Å². The van der Waals surface area contributed by atoms with Crippen molar-refractivity contribution in [3.05, 3.63) is 201 Å². The van der Waals surface area contributed by atoms with Crippen LogP contribution in [0.2, 0.25) is 0 Å². The van der Waals surface area contributed by atoms with E-state index in [9.17, 15) is 0 Å². The lowest BCUT2D eigenvalue weighted by Gasteiger charge is -2.14. The van der Waals surface area contributed by atoms with Gasteiger partial charge in [-0.05, 0) is 73.1 Å². The number of allylic oxidation sites excluding steroid dienone is 4. The molecule has 0 aliphatic heterocycles. The van der Waals surface area contributed by atoms with Gasteiger partial charge in [0.05, 0.1) is 0 Å². The number of hydrogen-bond donors (Lipinski definition) is 0. The molecule has 0 bridgehead atoms. The predicted molar refractivity (Wildman–Crippen MR) is 230 cm³/mol. The molecule has 0 atom stereocenters. The lowest BCUT2D eigenvalue weighted by atomic mass is 9.90. The van der Waals surface area contributed by atoms with Crippen LogP contribution < -0.4 is 0 Å². The highest BCUT2D eigenvalue weighted by atomic mass is 16.3. The van der Waals surface area contributed by atoms with Gasteiger partial charge in [0.2, 0.25) is 0 Å². The van der Waals surface area contributed by atoms with Crippen molar-refractivity contribution in [1.29, 1.82) is 0 Å². The average Bonchev–Trinajstić information content (AvgIpc) is 3.80. The summed E-state index contributed by atoms with van der Waals surface area (Å²) in [6.45, 7) is 8.21. The second kappa shape index (κ2) is 12.8. The molecule has 10 aromatic rings. The molecule has 0 fully saturated rings. The summed E-state index contributed by atoms with van der Waals surface area (Å²) in [7, 11) is 0. The Morgan fingerprint density at radius 2 is 0.926 bits per heavy atom. The Hall–Kier alpha value is -7.16. The summed E-state index contributed by atoms with van der Waals surface area (Å²) < 4.78 is 13.4. The molecule has 2 aromatic heterocycles. The molecule has 2 nitrogen and oxygen atoms in total. The Labute approximate surface area is 312 Å². The first-order valence-electron chi connectivity index (χ1n) is 18.2. The van der Waals surface area contributed by atoms with E-state index in [0.29, 0.717) is 0 Å². The maximum atomic E-state index is 6.88. The van der Waals surface area contributed by atoms with Gasteiger partial charge in [0, 0.05) is 32.3 Å². The number of para-hydroxylation sites is 1. The molecule has 0 radical (unpaired) electrons. The summed E-state index contributed by atoms with van der Waals surface area (Å²) in [5.74, 6) is 0. The monoisotopic (exact) mass is 690 g/mol. The topological polar surface area (TPSA) is 26.3 Å². The third kappa shape index (κ3) is 4.96. The quantitative estimate of drug-likeness (QED) is 0.168. The summed E-state index contributed by atoms with van der Waals surface area (Å²) in [6.07, 6.45) is 5.73. The Bertz CT molecular complexity index is 3260. The molecular formula is C52H34O2. The number of rotatable bonds is 5. The van der Waals surface area contributed by atoms with Crippen molar-refractivity contribution in [2.24, 2.45) is 0 Å². The summed E-state index contributed by atoms with van der Waals surface area (Å²) in [6, 6.07) is 57.9. The smallest absolute Gasteiger partial charge is 0.144 e. The van der Waals surface area contributed by atoms with Crippen molar-refractivity contribution in [2.45, 2.75) is 0 Å². The Morgan fingerprint density at radius 1 is 0.426 bits per heavy atom. The summed E-state index contributed by atoms with van der Waals surface area (Å²) in [5, 5.41) is 11.1.